The number of rotatable bonds is 3. The number of esters is 1. The van der Waals surface area contributed by atoms with Crippen LogP contribution < -0.4 is 9.47 Å². The molecule has 74 valence electrons. The molecule has 4 heteroatoms. The molecule has 0 heterocycles. The van der Waals surface area contributed by atoms with E-state index in [4.69, 9.17) is 9.47 Å². The Morgan fingerprint density at radius 2 is 2.14 bits per heavy atom. The SMILES string of the molecule is BCc1ccc(OC(C)=O)c(OC)c1. The first-order chi connectivity index (χ1) is 6.67. The predicted octanol–water partition coefficient (Wildman–Crippen LogP) is 0.754. The number of carbonyl (C=O) groups is 1. The molecule has 0 bridgehead atoms. The molecule has 1 rings (SSSR count). The van der Waals surface area contributed by atoms with Crippen LogP contribution in [0.1, 0.15) is 12.5 Å². The molecule has 0 radical (unpaired) electrons. The van der Waals surface area contributed by atoms with E-state index in [1.807, 2.05) is 12.1 Å². The third-order valence-electron chi connectivity index (χ3n) is 1.89. The molecule has 0 saturated carbocycles. The molecule has 0 N–H and O–H groups in total. The van der Waals surface area contributed by atoms with Gasteiger partial charge in [0.15, 0.2) is 11.5 Å². The molecule has 0 atom stereocenters. The number of hydrogen-bond acceptors (Lipinski definition) is 3. The Kier molecular flexibility index (Phi) is 3.57. The molecule has 0 aromatic heterocycles. The summed E-state index contributed by atoms with van der Waals surface area (Å²) < 4.78 is 10.1. The highest BCUT2D eigenvalue weighted by molar-refractivity contribution is 6.08. The van der Waals surface area contributed by atoms with Gasteiger partial charge in [0.1, 0.15) is 7.85 Å². The average Bonchev–Trinajstić information content (AvgIpc) is 2.17. The molecular formula is C10H13BO3. The fraction of sp³-hybridized carbons (Fsp3) is 0.300. The van der Waals surface area contributed by atoms with Gasteiger partial charge in [-0.2, -0.15) is 0 Å². The molecule has 0 aliphatic rings. The summed E-state index contributed by atoms with van der Waals surface area (Å²) in [5.74, 6) is 0.726. The maximum Gasteiger partial charge on any atom is 0.308 e. The highest BCUT2D eigenvalue weighted by atomic mass is 16.6. The first kappa shape index (κ1) is 10.6. The van der Waals surface area contributed by atoms with Crippen LogP contribution in [-0.2, 0) is 11.1 Å². The molecule has 0 saturated heterocycles. The lowest BCUT2D eigenvalue weighted by atomic mass is 9.97. The Hall–Kier alpha value is -1.45. The normalized spacial score (nSPS) is 9.57. The van der Waals surface area contributed by atoms with Crippen molar-refractivity contribution in [1.29, 1.82) is 0 Å². The quantitative estimate of drug-likeness (QED) is 0.402. The molecule has 0 spiro atoms. The second-order valence-electron chi connectivity index (χ2n) is 2.93. The monoisotopic (exact) mass is 192 g/mol. The van der Waals surface area contributed by atoms with Gasteiger partial charge in [-0.25, -0.2) is 0 Å². The summed E-state index contributed by atoms with van der Waals surface area (Å²) in [4.78, 5) is 10.8. The van der Waals surface area contributed by atoms with Gasteiger partial charge >= 0.3 is 5.97 Å². The minimum absolute atomic E-state index is 0.340. The number of methoxy groups -OCH3 is 1. The second kappa shape index (κ2) is 4.70. The summed E-state index contributed by atoms with van der Waals surface area (Å²) in [5, 5.41) is 0. The van der Waals surface area contributed by atoms with Crippen LogP contribution in [0.15, 0.2) is 18.2 Å². The van der Waals surface area contributed by atoms with Crippen molar-refractivity contribution in [2.45, 2.75) is 13.2 Å². The van der Waals surface area contributed by atoms with Crippen molar-refractivity contribution >= 4 is 13.8 Å². The zero-order valence-electron chi connectivity index (χ0n) is 8.66. The fourth-order valence-corrected chi connectivity index (χ4v) is 1.17. The lowest BCUT2D eigenvalue weighted by molar-refractivity contribution is -0.132. The standard InChI is InChI=1S/C10H13BO3/c1-7(12)14-9-4-3-8(6-11)5-10(9)13-2/h3-5H,6,11H2,1-2H3. The summed E-state index contributed by atoms with van der Waals surface area (Å²) in [5.41, 5.74) is 1.15. The summed E-state index contributed by atoms with van der Waals surface area (Å²) in [6.45, 7) is 1.37. The Morgan fingerprint density at radius 1 is 1.43 bits per heavy atom. The molecule has 1 aromatic carbocycles. The zero-order valence-corrected chi connectivity index (χ0v) is 8.66. The Labute approximate surface area is 84.4 Å². The minimum atomic E-state index is -0.340. The summed E-state index contributed by atoms with van der Waals surface area (Å²) in [6, 6.07) is 5.54. The molecule has 0 aliphatic carbocycles. The molecule has 1 aromatic rings. The molecule has 14 heavy (non-hydrogen) atoms. The van der Waals surface area contributed by atoms with E-state index < -0.39 is 0 Å². The van der Waals surface area contributed by atoms with E-state index in [1.54, 1.807) is 13.2 Å². The maximum absolute atomic E-state index is 10.8. The van der Waals surface area contributed by atoms with Gasteiger partial charge in [-0.15, -0.1) is 0 Å². The topological polar surface area (TPSA) is 35.5 Å². The number of ether oxygens (including phenoxy) is 2. The van der Waals surface area contributed by atoms with Gasteiger partial charge in [0.05, 0.1) is 7.11 Å². The third-order valence-corrected chi connectivity index (χ3v) is 1.89. The van der Waals surface area contributed by atoms with Gasteiger partial charge in [-0.3, -0.25) is 4.79 Å². The number of carbonyl (C=O) groups excluding carboxylic acids is 1. The van der Waals surface area contributed by atoms with Gasteiger partial charge in [0.2, 0.25) is 0 Å². The van der Waals surface area contributed by atoms with Crippen molar-refractivity contribution in [2.75, 3.05) is 7.11 Å². The lowest BCUT2D eigenvalue weighted by Crippen LogP contribution is -2.03. The summed E-state index contributed by atoms with van der Waals surface area (Å²) in [7, 11) is 3.61. The van der Waals surface area contributed by atoms with Gasteiger partial charge in [0, 0.05) is 6.92 Å². The van der Waals surface area contributed by atoms with Crippen LogP contribution in [0.25, 0.3) is 0 Å². The molecule has 0 amide bonds. The van der Waals surface area contributed by atoms with E-state index >= 15 is 0 Å². The van der Waals surface area contributed by atoms with Crippen LogP contribution in [0.4, 0.5) is 0 Å². The lowest BCUT2D eigenvalue weighted by Gasteiger charge is -2.08. The average molecular weight is 192 g/mol. The van der Waals surface area contributed by atoms with E-state index in [-0.39, 0.29) is 5.97 Å². The Bertz CT molecular complexity index is 336. The first-order valence-corrected chi connectivity index (χ1v) is 4.52. The van der Waals surface area contributed by atoms with Crippen molar-refractivity contribution in [2.24, 2.45) is 0 Å². The summed E-state index contributed by atoms with van der Waals surface area (Å²) >= 11 is 0. The highest BCUT2D eigenvalue weighted by Crippen LogP contribution is 2.27. The number of benzene rings is 1. The van der Waals surface area contributed by atoms with Crippen LogP contribution in [-0.4, -0.2) is 20.9 Å². The van der Waals surface area contributed by atoms with Gasteiger partial charge in [0.25, 0.3) is 0 Å². The van der Waals surface area contributed by atoms with Gasteiger partial charge in [-0.1, -0.05) is 17.9 Å². The van der Waals surface area contributed by atoms with Crippen LogP contribution in [0.3, 0.4) is 0 Å². The Balaban J connectivity index is 2.98. The van der Waals surface area contributed by atoms with Crippen LogP contribution in [0, 0.1) is 0 Å². The minimum Gasteiger partial charge on any atom is -0.493 e. The first-order valence-electron chi connectivity index (χ1n) is 4.52. The largest absolute Gasteiger partial charge is 0.493 e. The smallest absolute Gasteiger partial charge is 0.308 e. The van der Waals surface area contributed by atoms with Crippen molar-refractivity contribution in [3.63, 3.8) is 0 Å². The van der Waals surface area contributed by atoms with Crippen molar-refractivity contribution in [3.8, 4) is 11.5 Å². The van der Waals surface area contributed by atoms with Crippen molar-refractivity contribution in [3.05, 3.63) is 23.8 Å². The van der Waals surface area contributed by atoms with Gasteiger partial charge in [-0.05, 0) is 12.1 Å². The fourth-order valence-electron chi connectivity index (χ4n) is 1.17. The highest BCUT2D eigenvalue weighted by Gasteiger charge is 2.06. The van der Waals surface area contributed by atoms with E-state index in [1.165, 1.54) is 6.92 Å². The molecule has 0 fully saturated rings. The third kappa shape index (κ3) is 2.52. The van der Waals surface area contributed by atoms with Crippen molar-refractivity contribution < 1.29 is 14.3 Å². The van der Waals surface area contributed by atoms with Crippen molar-refractivity contribution in [1.82, 2.24) is 0 Å². The van der Waals surface area contributed by atoms with Crippen LogP contribution in [0.5, 0.6) is 11.5 Å². The molecule has 0 aliphatic heterocycles. The number of hydrogen-bond donors (Lipinski definition) is 0. The predicted molar refractivity (Wildman–Crippen MR) is 56.6 cm³/mol. The summed E-state index contributed by atoms with van der Waals surface area (Å²) in [6.07, 6.45) is 0.927. The second-order valence-corrected chi connectivity index (χ2v) is 2.93. The molecule has 0 unspecified atom stereocenters. The van der Waals surface area contributed by atoms with E-state index in [0.717, 1.165) is 11.9 Å². The van der Waals surface area contributed by atoms with Gasteiger partial charge < -0.3 is 9.47 Å². The van der Waals surface area contributed by atoms with E-state index in [0.29, 0.717) is 11.5 Å². The van der Waals surface area contributed by atoms with Crippen LogP contribution in [0.2, 0.25) is 0 Å². The molecular weight excluding hydrogens is 179 g/mol. The van der Waals surface area contributed by atoms with E-state index in [9.17, 15) is 4.79 Å². The maximum atomic E-state index is 10.8. The zero-order chi connectivity index (χ0) is 10.6. The molecule has 3 nitrogen and oxygen atoms in total. The van der Waals surface area contributed by atoms with Crippen LogP contribution >= 0.6 is 0 Å². The van der Waals surface area contributed by atoms with E-state index in [2.05, 4.69) is 7.85 Å². The Morgan fingerprint density at radius 3 is 2.64 bits per heavy atom.